The zero-order valence-electron chi connectivity index (χ0n) is 21.8. The van der Waals surface area contributed by atoms with Gasteiger partial charge < -0.3 is 9.47 Å². The Hall–Kier alpha value is -2.50. The summed E-state index contributed by atoms with van der Waals surface area (Å²) in [6.45, 7) is 13.3. The van der Waals surface area contributed by atoms with Gasteiger partial charge in [-0.15, -0.1) is 0 Å². The Labute approximate surface area is 210 Å². The molecule has 35 heavy (non-hydrogen) atoms. The largest absolute Gasteiger partial charge is 0.308 e. The molecule has 5 heteroatoms. The van der Waals surface area contributed by atoms with Crippen molar-refractivity contribution < 1.29 is 0 Å². The minimum atomic E-state index is 0.811. The number of piperidine rings is 2. The molecule has 2 fully saturated rings. The monoisotopic (exact) mass is 471 g/mol. The van der Waals surface area contributed by atoms with E-state index in [-0.39, 0.29) is 0 Å². The van der Waals surface area contributed by atoms with Crippen molar-refractivity contribution in [2.75, 3.05) is 32.7 Å². The van der Waals surface area contributed by atoms with E-state index in [0.29, 0.717) is 0 Å². The second-order valence-electron chi connectivity index (χ2n) is 10.5. The second-order valence-corrected chi connectivity index (χ2v) is 10.5. The average molecular weight is 472 g/mol. The second kappa shape index (κ2) is 11.0. The van der Waals surface area contributed by atoms with Crippen LogP contribution in [0.2, 0.25) is 0 Å². The molecular weight excluding hydrogens is 430 g/mol. The highest BCUT2D eigenvalue weighted by atomic mass is 15.2. The van der Waals surface area contributed by atoms with E-state index in [1.54, 1.807) is 0 Å². The van der Waals surface area contributed by atoms with Crippen molar-refractivity contribution in [3.63, 3.8) is 0 Å². The Balaban J connectivity index is 1.17. The van der Waals surface area contributed by atoms with Crippen LogP contribution in [0.4, 0.5) is 0 Å². The Morgan fingerprint density at radius 1 is 0.943 bits per heavy atom. The molecule has 2 aromatic heterocycles. The summed E-state index contributed by atoms with van der Waals surface area (Å²) in [4.78, 5) is 15.1. The molecule has 0 saturated carbocycles. The molecule has 2 aliphatic heterocycles. The highest BCUT2D eigenvalue weighted by Crippen LogP contribution is 2.22. The van der Waals surface area contributed by atoms with Crippen molar-refractivity contribution in [1.82, 2.24) is 24.3 Å². The molecular formula is C30H41N5. The summed E-state index contributed by atoms with van der Waals surface area (Å²) in [5.74, 6) is 1.11. The van der Waals surface area contributed by atoms with Crippen LogP contribution in [0, 0.1) is 13.8 Å². The predicted octanol–water partition coefficient (Wildman–Crippen LogP) is 5.62. The first-order valence-corrected chi connectivity index (χ1v) is 13.7. The van der Waals surface area contributed by atoms with Gasteiger partial charge in [-0.3, -0.25) is 4.90 Å². The molecule has 0 bridgehead atoms. The van der Waals surface area contributed by atoms with Gasteiger partial charge >= 0.3 is 0 Å². The lowest BCUT2D eigenvalue weighted by molar-refractivity contribution is 0.0975. The SMILES string of the molecule is CCc1nc2c(C)cc(C)nc2n1Cc1ccc(C=CCN2CCC(N3CCCCC3)CC2)cc1. The van der Waals surface area contributed by atoms with Gasteiger partial charge in [0, 0.05) is 24.7 Å². The van der Waals surface area contributed by atoms with Gasteiger partial charge in [0.05, 0.1) is 6.54 Å². The minimum Gasteiger partial charge on any atom is -0.308 e. The van der Waals surface area contributed by atoms with Crippen molar-refractivity contribution in [3.8, 4) is 0 Å². The number of fused-ring (bicyclic) bond motifs is 1. The zero-order valence-corrected chi connectivity index (χ0v) is 21.8. The number of rotatable bonds is 7. The molecule has 0 N–H and O–H groups in total. The summed E-state index contributed by atoms with van der Waals surface area (Å²) in [6.07, 6.45) is 12.4. The van der Waals surface area contributed by atoms with Gasteiger partial charge in [0.1, 0.15) is 11.3 Å². The standard InChI is InChI=1S/C30H41N5/c1-4-28-32-29-23(2)21-24(3)31-30(29)35(28)22-26-12-10-25(11-13-26)9-8-16-33-19-14-27(15-20-33)34-17-6-5-7-18-34/h8-13,21,27H,4-7,14-20,22H2,1-3H3. The molecule has 0 unspecified atom stereocenters. The molecule has 1 aromatic carbocycles. The molecule has 3 aromatic rings. The first-order chi connectivity index (χ1) is 17.1. The number of benzene rings is 1. The van der Waals surface area contributed by atoms with Crippen molar-refractivity contribution in [1.29, 1.82) is 0 Å². The third-order valence-electron chi connectivity index (χ3n) is 7.88. The summed E-state index contributed by atoms with van der Waals surface area (Å²) in [7, 11) is 0. The molecule has 0 atom stereocenters. The maximum Gasteiger partial charge on any atom is 0.160 e. The fourth-order valence-electron chi connectivity index (χ4n) is 5.89. The van der Waals surface area contributed by atoms with Crippen molar-refractivity contribution >= 4 is 17.2 Å². The number of pyridine rings is 1. The number of aryl methyl sites for hydroxylation is 3. The molecule has 0 radical (unpaired) electrons. The van der Waals surface area contributed by atoms with Gasteiger partial charge in [0.15, 0.2) is 5.65 Å². The summed E-state index contributed by atoms with van der Waals surface area (Å²) in [6, 6.07) is 11.9. The van der Waals surface area contributed by atoms with Crippen LogP contribution in [-0.2, 0) is 13.0 Å². The first kappa shape index (κ1) is 24.2. The van der Waals surface area contributed by atoms with Crippen LogP contribution in [0.15, 0.2) is 36.4 Å². The normalized spacial score (nSPS) is 18.7. The van der Waals surface area contributed by atoms with Crippen molar-refractivity contribution in [3.05, 3.63) is 64.6 Å². The Morgan fingerprint density at radius 2 is 1.69 bits per heavy atom. The quantitative estimate of drug-likeness (QED) is 0.448. The molecule has 0 spiro atoms. The van der Waals surface area contributed by atoms with Crippen LogP contribution in [0.25, 0.3) is 17.2 Å². The van der Waals surface area contributed by atoms with E-state index in [4.69, 9.17) is 9.97 Å². The summed E-state index contributed by atoms with van der Waals surface area (Å²) >= 11 is 0. The summed E-state index contributed by atoms with van der Waals surface area (Å²) < 4.78 is 2.29. The fourth-order valence-corrected chi connectivity index (χ4v) is 5.89. The van der Waals surface area contributed by atoms with Crippen LogP contribution in [-0.4, -0.2) is 63.1 Å². The summed E-state index contributed by atoms with van der Waals surface area (Å²) in [5, 5.41) is 0. The third kappa shape index (κ3) is 5.68. The van der Waals surface area contributed by atoms with E-state index >= 15 is 0 Å². The molecule has 0 aliphatic carbocycles. The van der Waals surface area contributed by atoms with Gasteiger partial charge in [-0.1, -0.05) is 49.8 Å². The van der Waals surface area contributed by atoms with Crippen LogP contribution in [0.3, 0.4) is 0 Å². The smallest absolute Gasteiger partial charge is 0.160 e. The first-order valence-electron chi connectivity index (χ1n) is 13.7. The topological polar surface area (TPSA) is 37.2 Å². The number of likely N-dealkylation sites (tertiary alicyclic amines) is 2. The Kier molecular flexibility index (Phi) is 7.64. The highest BCUT2D eigenvalue weighted by molar-refractivity contribution is 5.76. The van der Waals surface area contributed by atoms with E-state index in [2.05, 4.69) is 77.6 Å². The van der Waals surface area contributed by atoms with Crippen LogP contribution in [0.5, 0.6) is 0 Å². The lowest BCUT2D eigenvalue weighted by atomic mass is 10.00. The molecule has 0 amide bonds. The van der Waals surface area contributed by atoms with Gasteiger partial charge in [-0.05, 0) is 88.5 Å². The third-order valence-corrected chi connectivity index (χ3v) is 7.88. The number of aromatic nitrogens is 3. The predicted molar refractivity (Wildman–Crippen MR) is 146 cm³/mol. The fraction of sp³-hybridized carbons (Fsp3) is 0.533. The van der Waals surface area contributed by atoms with Gasteiger partial charge in [0.25, 0.3) is 0 Å². The number of imidazole rings is 1. The molecule has 5 nitrogen and oxygen atoms in total. The van der Waals surface area contributed by atoms with Gasteiger partial charge in [-0.25, -0.2) is 9.97 Å². The number of hydrogen-bond acceptors (Lipinski definition) is 4. The van der Waals surface area contributed by atoms with Gasteiger partial charge in [0.2, 0.25) is 0 Å². The maximum atomic E-state index is 4.88. The number of hydrogen-bond donors (Lipinski definition) is 0. The van der Waals surface area contributed by atoms with E-state index in [1.807, 2.05) is 0 Å². The van der Waals surface area contributed by atoms with Crippen molar-refractivity contribution in [2.45, 2.75) is 71.9 Å². The van der Waals surface area contributed by atoms with Crippen molar-refractivity contribution in [2.24, 2.45) is 0 Å². The average Bonchev–Trinajstić information content (AvgIpc) is 3.23. The van der Waals surface area contributed by atoms with Gasteiger partial charge in [-0.2, -0.15) is 0 Å². The van der Waals surface area contributed by atoms with E-state index in [1.165, 1.54) is 75.0 Å². The molecule has 2 aliphatic rings. The maximum absolute atomic E-state index is 4.88. The van der Waals surface area contributed by atoms with E-state index < -0.39 is 0 Å². The molecule has 4 heterocycles. The highest BCUT2D eigenvalue weighted by Gasteiger charge is 2.24. The van der Waals surface area contributed by atoms with E-state index in [0.717, 1.165) is 48.2 Å². The minimum absolute atomic E-state index is 0.811. The molecule has 2 saturated heterocycles. The van der Waals surface area contributed by atoms with Crippen LogP contribution < -0.4 is 0 Å². The molecule has 5 rings (SSSR count). The Morgan fingerprint density at radius 3 is 2.40 bits per heavy atom. The lowest BCUT2D eigenvalue weighted by Crippen LogP contribution is -2.46. The van der Waals surface area contributed by atoms with Crippen LogP contribution in [0.1, 0.15) is 67.2 Å². The number of nitrogens with zero attached hydrogens (tertiary/aromatic N) is 5. The Bertz CT molecular complexity index is 1150. The molecule has 186 valence electrons. The zero-order chi connectivity index (χ0) is 24.2. The summed E-state index contributed by atoms with van der Waals surface area (Å²) in [5.41, 5.74) is 6.86. The van der Waals surface area contributed by atoms with E-state index in [9.17, 15) is 0 Å². The van der Waals surface area contributed by atoms with Crippen LogP contribution >= 0.6 is 0 Å². The lowest BCUT2D eigenvalue weighted by Gasteiger charge is -2.40.